The lowest BCUT2D eigenvalue weighted by molar-refractivity contribution is 1.31. The molecule has 2 aromatic heterocycles. The van der Waals surface area contributed by atoms with Gasteiger partial charge in [0.05, 0.1) is 11.9 Å². The molecule has 0 bridgehead atoms. The Hall–Kier alpha value is -3.01. The summed E-state index contributed by atoms with van der Waals surface area (Å²) in [5.41, 5.74) is 7.18. The van der Waals surface area contributed by atoms with E-state index in [9.17, 15) is 0 Å². The topological polar surface area (TPSA) is 50.2 Å². The highest BCUT2D eigenvalue weighted by Gasteiger charge is 1.96. The Kier molecular flexibility index (Phi) is 3.98. The Balaban J connectivity index is 1.66. The van der Waals surface area contributed by atoms with Gasteiger partial charge in [-0.1, -0.05) is 18.2 Å². The fourth-order valence-electron chi connectivity index (χ4n) is 1.90. The Bertz CT molecular complexity index is 707. The molecule has 3 rings (SSSR count). The van der Waals surface area contributed by atoms with Gasteiger partial charge in [-0.05, 0) is 47.0 Å². The molecule has 4 nitrogen and oxygen atoms in total. The van der Waals surface area contributed by atoms with Crippen LogP contribution in [0.3, 0.4) is 0 Å². The molecule has 0 spiro atoms. The summed E-state index contributed by atoms with van der Waals surface area (Å²) in [6.45, 7) is 0. The van der Waals surface area contributed by atoms with Gasteiger partial charge in [0.1, 0.15) is 0 Å². The zero-order valence-electron chi connectivity index (χ0n) is 11.3. The van der Waals surface area contributed by atoms with Crippen LogP contribution < -0.4 is 5.43 Å². The van der Waals surface area contributed by atoms with Crippen LogP contribution in [0.4, 0.5) is 5.69 Å². The van der Waals surface area contributed by atoms with Crippen LogP contribution in [0.2, 0.25) is 0 Å². The first kappa shape index (κ1) is 13.0. The Labute approximate surface area is 123 Å². The average molecular weight is 274 g/mol. The highest BCUT2D eigenvalue weighted by atomic mass is 15.3. The lowest BCUT2D eigenvalue weighted by Crippen LogP contribution is -1.90. The predicted molar refractivity (Wildman–Crippen MR) is 85.1 cm³/mol. The normalized spacial score (nSPS) is 10.7. The smallest absolute Gasteiger partial charge is 0.0562 e. The maximum Gasteiger partial charge on any atom is 0.0562 e. The van der Waals surface area contributed by atoms with Crippen LogP contribution in [-0.4, -0.2) is 16.2 Å². The molecule has 1 N–H and O–H groups in total. The number of anilines is 1. The molecular formula is C17H14N4. The van der Waals surface area contributed by atoms with Crippen LogP contribution in [-0.2, 0) is 0 Å². The van der Waals surface area contributed by atoms with Crippen LogP contribution in [0, 0.1) is 0 Å². The first-order chi connectivity index (χ1) is 10.4. The van der Waals surface area contributed by atoms with E-state index in [2.05, 4.69) is 20.5 Å². The minimum absolute atomic E-state index is 0.938. The zero-order chi connectivity index (χ0) is 14.3. The van der Waals surface area contributed by atoms with Crippen LogP contribution in [0.15, 0.2) is 78.4 Å². The van der Waals surface area contributed by atoms with Crippen molar-refractivity contribution in [2.24, 2.45) is 5.10 Å². The van der Waals surface area contributed by atoms with Gasteiger partial charge in [0.25, 0.3) is 0 Å². The molecule has 0 amide bonds. The molecule has 0 fully saturated rings. The van der Waals surface area contributed by atoms with Crippen molar-refractivity contribution in [2.75, 3.05) is 5.43 Å². The van der Waals surface area contributed by atoms with Crippen LogP contribution >= 0.6 is 0 Å². The quantitative estimate of drug-likeness (QED) is 0.584. The Morgan fingerprint density at radius 2 is 1.62 bits per heavy atom. The molecule has 21 heavy (non-hydrogen) atoms. The van der Waals surface area contributed by atoms with Crippen molar-refractivity contribution in [3.05, 3.63) is 78.9 Å². The number of rotatable bonds is 4. The lowest BCUT2D eigenvalue weighted by atomic mass is 10.1. The van der Waals surface area contributed by atoms with E-state index in [-0.39, 0.29) is 0 Å². The summed E-state index contributed by atoms with van der Waals surface area (Å²) in [6.07, 6.45) is 8.86. The molecule has 0 saturated carbocycles. The number of nitrogens with one attached hydrogen (secondary N) is 1. The summed E-state index contributed by atoms with van der Waals surface area (Å²) in [5, 5.41) is 4.20. The molecule has 0 aliphatic rings. The van der Waals surface area contributed by atoms with Gasteiger partial charge in [0.2, 0.25) is 0 Å². The molecular weight excluding hydrogens is 260 g/mol. The molecule has 102 valence electrons. The summed E-state index contributed by atoms with van der Waals surface area (Å²) in [7, 11) is 0. The number of hydrogen-bond acceptors (Lipinski definition) is 4. The summed E-state index contributed by atoms with van der Waals surface area (Å²) in [6, 6.07) is 15.8. The lowest BCUT2D eigenvalue weighted by Gasteiger charge is -2.03. The molecule has 0 unspecified atom stereocenters. The number of benzene rings is 1. The van der Waals surface area contributed by atoms with Gasteiger partial charge >= 0.3 is 0 Å². The van der Waals surface area contributed by atoms with Crippen molar-refractivity contribution in [2.45, 2.75) is 0 Å². The number of aromatic nitrogens is 2. The van der Waals surface area contributed by atoms with Gasteiger partial charge in [-0.3, -0.25) is 15.4 Å². The Morgan fingerprint density at radius 1 is 0.810 bits per heavy atom. The van der Waals surface area contributed by atoms with Gasteiger partial charge in [0.15, 0.2) is 0 Å². The van der Waals surface area contributed by atoms with Crippen molar-refractivity contribution in [3.63, 3.8) is 0 Å². The first-order valence-corrected chi connectivity index (χ1v) is 6.61. The van der Waals surface area contributed by atoms with Gasteiger partial charge in [-0.15, -0.1) is 0 Å². The minimum Gasteiger partial charge on any atom is -0.279 e. The fourth-order valence-corrected chi connectivity index (χ4v) is 1.90. The summed E-state index contributed by atoms with van der Waals surface area (Å²) < 4.78 is 0. The van der Waals surface area contributed by atoms with Crippen molar-refractivity contribution < 1.29 is 0 Å². The largest absolute Gasteiger partial charge is 0.279 e. The van der Waals surface area contributed by atoms with Crippen LogP contribution in [0.5, 0.6) is 0 Å². The van der Waals surface area contributed by atoms with Crippen LogP contribution in [0.25, 0.3) is 11.1 Å². The second-order valence-corrected chi connectivity index (χ2v) is 4.47. The highest BCUT2D eigenvalue weighted by molar-refractivity contribution is 5.79. The number of nitrogens with zero attached hydrogens (tertiary/aromatic N) is 3. The third-order valence-corrected chi connectivity index (χ3v) is 2.99. The van der Waals surface area contributed by atoms with E-state index >= 15 is 0 Å². The molecule has 0 atom stereocenters. The van der Waals surface area contributed by atoms with Crippen molar-refractivity contribution in [3.8, 4) is 11.1 Å². The first-order valence-electron chi connectivity index (χ1n) is 6.61. The molecule has 4 heteroatoms. The maximum atomic E-state index is 4.20. The van der Waals surface area contributed by atoms with Gasteiger partial charge in [-0.25, -0.2) is 0 Å². The number of hydrazone groups is 1. The third kappa shape index (κ3) is 3.51. The molecule has 0 aliphatic heterocycles. The SMILES string of the molecule is C(=NNc1ccc(-c2cccnc2)cc1)c1ccncc1. The molecule has 2 heterocycles. The average Bonchev–Trinajstić information content (AvgIpc) is 2.57. The van der Waals surface area contributed by atoms with Gasteiger partial charge in [0, 0.05) is 24.8 Å². The Morgan fingerprint density at radius 3 is 2.33 bits per heavy atom. The summed E-state index contributed by atoms with van der Waals surface area (Å²) in [4.78, 5) is 8.09. The predicted octanol–water partition coefficient (Wildman–Crippen LogP) is 3.59. The van der Waals surface area contributed by atoms with Crippen molar-refractivity contribution >= 4 is 11.9 Å². The zero-order valence-corrected chi connectivity index (χ0v) is 11.3. The second kappa shape index (κ2) is 6.43. The van der Waals surface area contributed by atoms with E-state index in [1.165, 1.54) is 0 Å². The minimum atomic E-state index is 0.938. The van der Waals surface area contributed by atoms with Crippen LogP contribution in [0.1, 0.15) is 5.56 Å². The van der Waals surface area contributed by atoms with E-state index in [4.69, 9.17) is 0 Å². The highest BCUT2D eigenvalue weighted by Crippen LogP contribution is 2.20. The standard InChI is InChI=1S/C17H14N4/c1-2-16(13-19-9-1)15-3-5-17(6-4-15)21-20-12-14-7-10-18-11-8-14/h1-13,21H. The van der Waals surface area contributed by atoms with E-state index in [0.29, 0.717) is 0 Å². The molecule has 0 radical (unpaired) electrons. The van der Waals surface area contributed by atoms with Crippen molar-refractivity contribution in [1.29, 1.82) is 0 Å². The molecule has 3 aromatic rings. The second-order valence-electron chi connectivity index (χ2n) is 4.47. The number of pyridine rings is 2. The van der Waals surface area contributed by atoms with E-state index in [1.54, 1.807) is 24.8 Å². The molecule has 0 aliphatic carbocycles. The summed E-state index contributed by atoms with van der Waals surface area (Å²) >= 11 is 0. The summed E-state index contributed by atoms with van der Waals surface area (Å²) in [5.74, 6) is 0. The van der Waals surface area contributed by atoms with Crippen molar-refractivity contribution in [1.82, 2.24) is 9.97 Å². The van der Waals surface area contributed by atoms with Gasteiger partial charge < -0.3 is 0 Å². The fraction of sp³-hybridized carbons (Fsp3) is 0. The third-order valence-electron chi connectivity index (χ3n) is 2.99. The maximum absolute atomic E-state index is 4.20. The molecule has 1 aromatic carbocycles. The number of hydrogen-bond donors (Lipinski definition) is 1. The van der Waals surface area contributed by atoms with Gasteiger partial charge in [-0.2, -0.15) is 5.10 Å². The van der Waals surface area contributed by atoms with E-state index in [1.807, 2.05) is 54.7 Å². The van der Waals surface area contributed by atoms with E-state index in [0.717, 1.165) is 22.4 Å². The van der Waals surface area contributed by atoms with E-state index < -0.39 is 0 Å². The molecule has 0 saturated heterocycles. The monoisotopic (exact) mass is 274 g/mol.